The lowest BCUT2D eigenvalue weighted by Gasteiger charge is -2.05. The van der Waals surface area contributed by atoms with E-state index in [2.05, 4.69) is 52.9 Å². The molecule has 0 aliphatic carbocycles. The summed E-state index contributed by atoms with van der Waals surface area (Å²) in [7, 11) is 0. The molecule has 2 aromatic carbocycles. The number of nitrogens with one attached hydrogen (secondary N) is 1. The van der Waals surface area contributed by atoms with Crippen molar-refractivity contribution < 1.29 is 0 Å². The first kappa shape index (κ1) is 14.1. The number of fused-ring (bicyclic) bond motifs is 1. The fraction of sp³-hybridized carbons (Fsp3) is 0.105. The predicted octanol–water partition coefficient (Wildman–Crippen LogP) is 4.58. The second kappa shape index (κ2) is 6.31. The molecule has 1 aromatic heterocycles. The third kappa shape index (κ3) is 2.66. The van der Waals surface area contributed by atoms with Gasteiger partial charge in [0.2, 0.25) is 0 Å². The lowest BCUT2D eigenvalue weighted by molar-refractivity contribution is 0.854. The summed E-state index contributed by atoms with van der Waals surface area (Å²) in [5.41, 5.74) is 7.58. The molecule has 0 amide bonds. The number of hydrazone groups is 1. The zero-order chi connectivity index (χ0) is 15.4. The van der Waals surface area contributed by atoms with Crippen molar-refractivity contribution in [3.8, 4) is 0 Å². The summed E-state index contributed by atoms with van der Waals surface area (Å²) in [6.07, 6.45) is 3.79. The van der Waals surface area contributed by atoms with E-state index in [4.69, 9.17) is 0 Å². The zero-order valence-corrected chi connectivity index (χ0v) is 12.7. The van der Waals surface area contributed by atoms with Crippen molar-refractivity contribution in [2.24, 2.45) is 5.10 Å². The number of aryl methyl sites for hydroxylation is 1. The first-order valence-corrected chi connectivity index (χ1v) is 7.34. The Hall–Kier alpha value is -2.81. The van der Waals surface area contributed by atoms with Gasteiger partial charge in [0.15, 0.2) is 0 Å². The first-order chi connectivity index (χ1) is 10.8. The van der Waals surface area contributed by atoms with Gasteiger partial charge in [0, 0.05) is 17.4 Å². The van der Waals surface area contributed by atoms with Gasteiger partial charge in [-0.2, -0.15) is 5.10 Å². The second-order valence-corrected chi connectivity index (χ2v) is 5.16. The van der Waals surface area contributed by atoms with Gasteiger partial charge in [0.05, 0.1) is 17.6 Å². The van der Waals surface area contributed by atoms with Gasteiger partial charge < -0.3 is 4.57 Å². The van der Waals surface area contributed by atoms with E-state index in [0.29, 0.717) is 0 Å². The maximum Gasteiger partial charge on any atom is 0.0712 e. The van der Waals surface area contributed by atoms with Crippen molar-refractivity contribution in [1.29, 1.82) is 0 Å². The molecule has 0 unspecified atom stereocenters. The minimum Gasteiger partial charge on any atom is -0.336 e. The van der Waals surface area contributed by atoms with Crippen molar-refractivity contribution in [2.45, 2.75) is 13.5 Å². The van der Waals surface area contributed by atoms with Gasteiger partial charge in [-0.05, 0) is 30.7 Å². The molecule has 3 nitrogen and oxygen atoms in total. The van der Waals surface area contributed by atoms with E-state index in [0.717, 1.165) is 17.9 Å². The minimum absolute atomic E-state index is 0.765. The van der Waals surface area contributed by atoms with E-state index in [1.807, 2.05) is 42.6 Å². The molecule has 0 radical (unpaired) electrons. The fourth-order valence-corrected chi connectivity index (χ4v) is 2.67. The smallest absolute Gasteiger partial charge is 0.0712 e. The highest BCUT2D eigenvalue weighted by Gasteiger charge is 2.10. The number of aromatic nitrogens is 1. The van der Waals surface area contributed by atoms with Crippen LogP contribution >= 0.6 is 0 Å². The molecule has 110 valence electrons. The Morgan fingerprint density at radius 3 is 2.59 bits per heavy atom. The molecule has 0 aliphatic rings. The minimum atomic E-state index is 0.765. The van der Waals surface area contributed by atoms with Crippen LogP contribution in [0, 0.1) is 6.92 Å². The Morgan fingerprint density at radius 1 is 1.09 bits per heavy atom. The lowest BCUT2D eigenvalue weighted by Crippen LogP contribution is -2.02. The summed E-state index contributed by atoms with van der Waals surface area (Å²) in [5, 5.41) is 5.64. The molecule has 3 heteroatoms. The van der Waals surface area contributed by atoms with Crippen LogP contribution in [0.15, 0.2) is 72.4 Å². The normalized spacial score (nSPS) is 11.1. The Labute approximate surface area is 130 Å². The summed E-state index contributed by atoms with van der Waals surface area (Å²) >= 11 is 0. The molecular weight excluding hydrogens is 270 g/mol. The van der Waals surface area contributed by atoms with Gasteiger partial charge in [0.25, 0.3) is 0 Å². The number of benzene rings is 2. The maximum atomic E-state index is 4.38. The molecule has 1 heterocycles. The van der Waals surface area contributed by atoms with Crippen molar-refractivity contribution in [1.82, 2.24) is 4.57 Å². The van der Waals surface area contributed by atoms with E-state index in [-0.39, 0.29) is 0 Å². The fourth-order valence-electron chi connectivity index (χ4n) is 2.67. The molecule has 0 saturated heterocycles. The van der Waals surface area contributed by atoms with E-state index >= 15 is 0 Å². The van der Waals surface area contributed by atoms with Gasteiger partial charge in [-0.25, -0.2) is 0 Å². The molecule has 0 spiro atoms. The average Bonchev–Trinajstić information content (AvgIpc) is 2.82. The highest BCUT2D eigenvalue weighted by Crippen LogP contribution is 2.24. The molecule has 0 atom stereocenters. The van der Waals surface area contributed by atoms with Crippen molar-refractivity contribution in [2.75, 3.05) is 5.43 Å². The molecule has 1 N–H and O–H groups in total. The van der Waals surface area contributed by atoms with Crippen LogP contribution in [-0.2, 0) is 6.54 Å². The number of hydrogen-bond acceptors (Lipinski definition) is 2. The summed E-state index contributed by atoms with van der Waals surface area (Å²) in [4.78, 5) is 0. The number of nitrogens with zero attached hydrogens (tertiary/aromatic N) is 2. The molecule has 0 fully saturated rings. The number of para-hydroxylation sites is 2. The largest absolute Gasteiger partial charge is 0.336 e. The number of rotatable bonds is 5. The van der Waals surface area contributed by atoms with Gasteiger partial charge >= 0.3 is 0 Å². The van der Waals surface area contributed by atoms with Crippen molar-refractivity contribution in [3.63, 3.8) is 0 Å². The van der Waals surface area contributed by atoms with E-state index in [9.17, 15) is 0 Å². The maximum absolute atomic E-state index is 4.38. The Morgan fingerprint density at radius 2 is 1.82 bits per heavy atom. The van der Waals surface area contributed by atoms with Crippen LogP contribution in [0.3, 0.4) is 0 Å². The average molecular weight is 289 g/mol. The van der Waals surface area contributed by atoms with E-state index in [1.54, 1.807) is 0 Å². The highest BCUT2D eigenvalue weighted by molar-refractivity contribution is 5.94. The molecule has 3 rings (SSSR count). The Balaban J connectivity index is 1.97. The SMILES string of the molecule is C=CCn1c(/C=N/Nc2ccccc2)c(C)c2ccccc21. The number of hydrogen-bond donors (Lipinski definition) is 1. The lowest BCUT2D eigenvalue weighted by atomic mass is 10.1. The molecule has 0 saturated carbocycles. The number of anilines is 1. The molecule has 0 bridgehead atoms. The standard InChI is InChI=1S/C19H19N3/c1-3-13-22-18-12-8-7-11-17(18)15(2)19(22)14-20-21-16-9-5-4-6-10-16/h3-12,14,21H,1,13H2,2H3/b20-14+. The summed E-state index contributed by atoms with van der Waals surface area (Å²) < 4.78 is 2.23. The van der Waals surface area contributed by atoms with Crippen LogP contribution in [0.5, 0.6) is 0 Å². The third-order valence-corrected chi connectivity index (χ3v) is 3.74. The molecule has 3 aromatic rings. The van der Waals surface area contributed by atoms with E-state index < -0.39 is 0 Å². The summed E-state index contributed by atoms with van der Waals surface area (Å²) in [6.45, 7) is 6.76. The topological polar surface area (TPSA) is 29.3 Å². The monoisotopic (exact) mass is 289 g/mol. The number of allylic oxidation sites excluding steroid dienone is 1. The van der Waals surface area contributed by atoms with Crippen molar-refractivity contribution in [3.05, 3.63) is 78.5 Å². The quantitative estimate of drug-likeness (QED) is 0.416. The van der Waals surface area contributed by atoms with Crippen LogP contribution in [-0.4, -0.2) is 10.8 Å². The van der Waals surface area contributed by atoms with Gasteiger partial charge in [-0.15, -0.1) is 6.58 Å². The molecular formula is C19H19N3. The second-order valence-electron chi connectivity index (χ2n) is 5.16. The van der Waals surface area contributed by atoms with E-state index in [1.165, 1.54) is 16.5 Å². The van der Waals surface area contributed by atoms with Gasteiger partial charge in [-0.3, -0.25) is 5.43 Å². The van der Waals surface area contributed by atoms with Crippen LogP contribution in [0.25, 0.3) is 10.9 Å². The van der Waals surface area contributed by atoms with Crippen LogP contribution in [0.1, 0.15) is 11.3 Å². The van der Waals surface area contributed by atoms with Gasteiger partial charge in [-0.1, -0.05) is 42.5 Å². The highest BCUT2D eigenvalue weighted by atomic mass is 15.3. The zero-order valence-electron chi connectivity index (χ0n) is 12.7. The van der Waals surface area contributed by atoms with Crippen LogP contribution < -0.4 is 5.43 Å². The Kier molecular flexibility index (Phi) is 4.05. The molecule has 0 aliphatic heterocycles. The van der Waals surface area contributed by atoms with Crippen LogP contribution in [0.4, 0.5) is 5.69 Å². The summed E-state index contributed by atoms with van der Waals surface area (Å²) in [5.74, 6) is 0. The predicted molar refractivity (Wildman–Crippen MR) is 94.5 cm³/mol. The van der Waals surface area contributed by atoms with Gasteiger partial charge in [0.1, 0.15) is 0 Å². The first-order valence-electron chi connectivity index (χ1n) is 7.34. The molecule has 22 heavy (non-hydrogen) atoms. The third-order valence-electron chi connectivity index (χ3n) is 3.74. The van der Waals surface area contributed by atoms with Crippen LogP contribution in [0.2, 0.25) is 0 Å². The summed E-state index contributed by atoms with van der Waals surface area (Å²) in [6, 6.07) is 18.3. The van der Waals surface area contributed by atoms with Crippen molar-refractivity contribution >= 4 is 22.8 Å². The Bertz CT molecular complexity index is 813.